The lowest BCUT2D eigenvalue weighted by Crippen LogP contribution is -2.46. The third-order valence-corrected chi connectivity index (χ3v) is 5.15. The number of primary amides is 1. The molecule has 5 heteroatoms. The van der Waals surface area contributed by atoms with Crippen molar-refractivity contribution in [2.24, 2.45) is 17.1 Å². The van der Waals surface area contributed by atoms with E-state index in [1.54, 1.807) is 12.1 Å². The minimum Gasteiger partial charge on any atom is -0.388 e. The zero-order chi connectivity index (χ0) is 18.0. The number of aliphatic hydroxyl groups is 1. The quantitative estimate of drug-likeness (QED) is 0.791. The van der Waals surface area contributed by atoms with Gasteiger partial charge in [0.1, 0.15) is 0 Å². The summed E-state index contributed by atoms with van der Waals surface area (Å²) in [5, 5.41) is 13.5. The van der Waals surface area contributed by atoms with Gasteiger partial charge in [0.05, 0.1) is 5.60 Å². The molecule has 4 N–H and O–H groups in total. The summed E-state index contributed by atoms with van der Waals surface area (Å²) in [4.78, 5) is 23.2. The summed E-state index contributed by atoms with van der Waals surface area (Å²) in [5.41, 5.74) is 5.43. The number of nitrogens with two attached hydrogens (primary N) is 1. The molecule has 1 aliphatic rings. The molecule has 2 amide bonds. The molecular formula is C19H28N2O3. The van der Waals surface area contributed by atoms with E-state index in [0.717, 1.165) is 12.8 Å². The molecular weight excluding hydrogens is 304 g/mol. The van der Waals surface area contributed by atoms with Crippen molar-refractivity contribution in [2.45, 2.75) is 52.1 Å². The van der Waals surface area contributed by atoms with Gasteiger partial charge in [-0.05, 0) is 61.3 Å². The Bertz CT molecular complexity index is 594. The highest BCUT2D eigenvalue weighted by Gasteiger charge is 2.37. The Balaban J connectivity index is 1.88. The zero-order valence-electron chi connectivity index (χ0n) is 14.8. The molecule has 0 bridgehead atoms. The van der Waals surface area contributed by atoms with Crippen molar-refractivity contribution in [2.75, 3.05) is 6.54 Å². The lowest BCUT2D eigenvalue weighted by molar-refractivity contribution is -0.0228. The van der Waals surface area contributed by atoms with Crippen LogP contribution in [0.25, 0.3) is 0 Å². The number of carbonyl (C=O) groups excluding carboxylic acids is 2. The van der Waals surface area contributed by atoms with E-state index in [-0.39, 0.29) is 17.9 Å². The molecule has 2 rings (SSSR count). The molecule has 1 aromatic rings. The molecule has 0 unspecified atom stereocenters. The lowest BCUT2D eigenvalue weighted by Gasteiger charge is -2.41. The van der Waals surface area contributed by atoms with E-state index < -0.39 is 11.5 Å². The highest BCUT2D eigenvalue weighted by Crippen LogP contribution is 2.41. The first-order valence-corrected chi connectivity index (χ1v) is 8.51. The lowest BCUT2D eigenvalue weighted by atomic mass is 9.68. The van der Waals surface area contributed by atoms with Crippen LogP contribution in [0.2, 0.25) is 0 Å². The summed E-state index contributed by atoms with van der Waals surface area (Å²) in [7, 11) is 0. The average molecular weight is 332 g/mol. The molecule has 132 valence electrons. The Morgan fingerprint density at radius 3 is 2.12 bits per heavy atom. The maximum absolute atomic E-state index is 12.2. The van der Waals surface area contributed by atoms with E-state index in [9.17, 15) is 14.7 Å². The fraction of sp³-hybridized carbons (Fsp3) is 0.579. The van der Waals surface area contributed by atoms with Crippen molar-refractivity contribution < 1.29 is 14.7 Å². The number of nitrogens with one attached hydrogen (secondary N) is 1. The average Bonchev–Trinajstić information content (AvgIpc) is 2.52. The Kier molecular flexibility index (Phi) is 5.33. The van der Waals surface area contributed by atoms with Crippen molar-refractivity contribution >= 4 is 11.8 Å². The Labute approximate surface area is 143 Å². The molecule has 1 fully saturated rings. The van der Waals surface area contributed by atoms with Crippen molar-refractivity contribution in [3.8, 4) is 0 Å². The first kappa shape index (κ1) is 18.5. The van der Waals surface area contributed by atoms with Gasteiger partial charge in [0, 0.05) is 17.7 Å². The standard InChI is InChI=1S/C19H28N2O3/c1-18(2,3)15-8-10-19(24,11-9-15)12-21-17(23)14-6-4-13(5-7-14)16(20)22/h4-7,15,24H,8-12H2,1-3H3,(H2,20,22)(H,21,23). The summed E-state index contributed by atoms with van der Waals surface area (Å²) in [6.45, 7) is 6.96. The highest BCUT2D eigenvalue weighted by atomic mass is 16.3. The summed E-state index contributed by atoms with van der Waals surface area (Å²) in [5.74, 6) is -0.168. The first-order valence-electron chi connectivity index (χ1n) is 8.51. The Hall–Kier alpha value is -1.88. The summed E-state index contributed by atoms with van der Waals surface area (Å²) >= 11 is 0. The molecule has 0 radical (unpaired) electrons. The van der Waals surface area contributed by atoms with E-state index in [2.05, 4.69) is 26.1 Å². The second-order valence-electron chi connectivity index (χ2n) is 7.99. The number of hydrogen-bond donors (Lipinski definition) is 3. The van der Waals surface area contributed by atoms with Gasteiger partial charge in [0.2, 0.25) is 5.91 Å². The maximum atomic E-state index is 12.2. The van der Waals surface area contributed by atoms with Crippen molar-refractivity contribution in [3.63, 3.8) is 0 Å². The van der Waals surface area contributed by atoms with Gasteiger partial charge in [0.25, 0.3) is 5.91 Å². The second kappa shape index (κ2) is 6.93. The molecule has 0 atom stereocenters. The van der Waals surface area contributed by atoms with E-state index in [0.29, 0.717) is 29.9 Å². The summed E-state index contributed by atoms with van der Waals surface area (Å²) in [6.07, 6.45) is 3.36. The van der Waals surface area contributed by atoms with Crippen molar-refractivity contribution in [1.29, 1.82) is 0 Å². The van der Waals surface area contributed by atoms with Crippen LogP contribution in [0.1, 0.15) is 67.2 Å². The summed E-state index contributed by atoms with van der Waals surface area (Å²) in [6, 6.07) is 6.19. The number of hydrogen-bond acceptors (Lipinski definition) is 3. The SMILES string of the molecule is CC(C)(C)C1CCC(O)(CNC(=O)c2ccc(C(N)=O)cc2)CC1. The summed E-state index contributed by atoms with van der Waals surface area (Å²) < 4.78 is 0. The predicted molar refractivity (Wildman–Crippen MR) is 93.7 cm³/mol. The molecule has 0 aromatic heterocycles. The fourth-order valence-corrected chi connectivity index (χ4v) is 3.33. The smallest absolute Gasteiger partial charge is 0.251 e. The number of benzene rings is 1. The van der Waals surface area contributed by atoms with Gasteiger partial charge in [-0.25, -0.2) is 0 Å². The van der Waals surface area contributed by atoms with E-state index in [1.807, 2.05) is 0 Å². The molecule has 1 aliphatic carbocycles. The van der Waals surface area contributed by atoms with Crippen LogP contribution in [0.15, 0.2) is 24.3 Å². The topological polar surface area (TPSA) is 92.4 Å². The Morgan fingerprint density at radius 2 is 1.67 bits per heavy atom. The van der Waals surface area contributed by atoms with Crippen LogP contribution in [0.4, 0.5) is 0 Å². The highest BCUT2D eigenvalue weighted by molar-refractivity contribution is 5.97. The molecule has 1 aromatic carbocycles. The van der Waals surface area contributed by atoms with Crippen molar-refractivity contribution in [1.82, 2.24) is 5.32 Å². The number of amides is 2. The molecule has 0 saturated heterocycles. The molecule has 0 aliphatic heterocycles. The zero-order valence-corrected chi connectivity index (χ0v) is 14.8. The minimum atomic E-state index is -0.829. The number of rotatable bonds is 4. The van der Waals surface area contributed by atoms with Gasteiger partial charge in [-0.3, -0.25) is 9.59 Å². The monoisotopic (exact) mass is 332 g/mol. The van der Waals surface area contributed by atoms with Gasteiger partial charge in [-0.15, -0.1) is 0 Å². The van der Waals surface area contributed by atoms with E-state index in [4.69, 9.17) is 5.73 Å². The van der Waals surface area contributed by atoms with E-state index >= 15 is 0 Å². The van der Waals surface area contributed by atoms with Crippen LogP contribution in [0.3, 0.4) is 0 Å². The fourth-order valence-electron chi connectivity index (χ4n) is 3.33. The van der Waals surface area contributed by atoms with Gasteiger partial charge in [-0.1, -0.05) is 20.8 Å². The second-order valence-corrected chi connectivity index (χ2v) is 7.99. The van der Waals surface area contributed by atoms with Crippen LogP contribution in [-0.2, 0) is 0 Å². The van der Waals surface area contributed by atoms with Gasteiger partial charge < -0.3 is 16.2 Å². The molecule has 0 spiro atoms. The normalized spacial score (nSPS) is 24.4. The largest absolute Gasteiger partial charge is 0.388 e. The Morgan fingerprint density at radius 1 is 1.17 bits per heavy atom. The third-order valence-electron chi connectivity index (χ3n) is 5.15. The molecule has 5 nitrogen and oxygen atoms in total. The molecule has 0 heterocycles. The van der Waals surface area contributed by atoms with E-state index in [1.165, 1.54) is 12.1 Å². The van der Waals surface area contributed by atoms with Crippen LogP contribution in [0.5, 0.6) is 0 Å². The van der Waals surface area contributed by atoms with Crippen LogP contribution in [0, 0.1) is 11.3 Å². The first-order chi connectivity index (χ1) is 11.1. The maximum Gasteiger partial charge on any atom is 0.251 e. The van der Waals surface area contributed by atoms with Crippen LogP contribution < -0.4 is 11.1 Å². The third kappa shape index (κ3) is 4.57. The van der Waals surface area contributed by atoms with Crippen molar-refractivity contribution in [3.05, 3.63) is 35.4 Å². The predicted octanol–water partition coefficient (Wildman–Crippen LogP) is 2.48. The van der Waals surface area contributed by atoms with Crippen LogP contribution >= 0.6 is 0 Å². The van der Waals surface area contributed by atoms with Gasteiger partial charge in [0.15, 0.2) is 0 Å². The number of carbonyl (C=O) groups is 2. The minimum absolute atomic E-state index is 0.250. The van der Waals surface area contributed by atoms with Gasteiger partial charge >= 0.3 is 0 Å². The van der Waals surface area contributed by atoms with Crippen LogP contribution in [-0.4, -0.2) is 29.1 Å². The molecule has 24 heavy (non-hydrogen) atoms. The molecule has 1 saturated carbocycles. The van der Waals surface area contributed by atoms with Gasteiger partial charge in [-0.2, -0.15) is 0 Å².